The quantitative estimate of drug-likeness (QED) is 0.575. The minimum Gasteiger partial charge on any atom is -0.456 e. The van der Waals surface area contributed by atoms with E-state index in [1.54, 1.807) is 20.8 Å². The number of carbonyl (C=O) groups is 3. The Morgan fingerprint density at radius 2 is 1.84 bits per heavy atom. The van der Waals surface area contributed by atoms with Crippen molar-refractivity contribution in [3.05, 3.63) is 35.6 Å². The number of carbonyl (C=O) groups excluding carboxylic acids is 3. The molecule has 1 atom stereocenters. The number of amides is 1. The fourth-order valence-corrected chi connectivity index (χ4v) is 1.84. The lowest BCUT2D eigenvalue weighted by atomic mass is 9.90. The lowest BCUT2D eigenvalue weighted by Gasteiger charge is -2.27. The normalized spacial score (nSPS) is 12.8. The van der Waals surface area contributed by atoms with E-state index in [2.05, 4.69) is 5.32 Å². The van der Waals surface area contributed by atoms with E-state index in [9.17, 15) is 18.8 Å². The standard InChI is InChI=1S/C18H21FN2O4/c1-12(2)18(3,11-20)21-16(23)10-25-17(24)9-8-15(22)13-4-6-14(19)7-5-13/h4-7,12H,8-10H2,1-3H3,(H,21,23)/t18-/m0/s1. The van der Waals surface area contributed by atoms with Crippen LogP contribution in [0.5, 0.6) is 0 Å². The molecule has 0 aliphatic carbocycles. The summed E-state index contributed by atoms with van der Waals surface area (Å²) in [5.74, 6) is -2.18. The van der Waals surface area contributed by atoms with Crippen LogP contribution < -0.4 is 5.32 Å². The molecular formula is C18H21FN2O4. The number of Topliss-reactive ketones (excluding diaryl/α,β-unsaturated/α-hetero) is 1. The Hall–Kier alpha value is -2.75. The first-order valence-corrected chi connectivity index (χ1v) is 7.84. The molecule has 1 aromatic rings. The van der Waals surface area contributed by atoms with Crippen molar-refractivity contribution in [2.24, 2.45) is 5.92 Å². The first kappa shape index (κ1) is 20.3. The van der Waals surface area contributed by atoms with E-state index in [4.69, 9.17) is 10.00 Å². The van der Waals surface area contributed by atoms with Crippen molar-refractivity contribution in [2.75, 3.05) is 6.61 Å². The van der Waals surface area contributed by atoms with Crippen LogP contribution in [0.15, 0.2) is 24.3 Å². The third kappa shape index (κ3) is 6.34. The zero-order chi connectivity index (χ0) is 19.0. The summed E-state index contributed by atoms with van der Waals surface area (Å²) in [6, 6.07) is 7.02. The highest BCUT2D eigenvalue weighted by molar-refractivity contribution is 5.97. The molecule has 0 spiro atoms. The van der Waals surface area contributed by atoms with Crippen LogP contribution in [0.4, 0.5) is 4.39 Å². The number of benzene rings is 1. The van der Waals surface area contributed by atoms with E-state index in [0.717, 1.165) is 12.1 Å². The third-order valence-corrected chi connectivity index (χ3v) is 3.87. The molecule has 0 aliphatic rings. The Morgan fingerprint density at radius 1 is 1.24 bits per heavy atom. The Balaban J connectivity index is 2.40. The van der Waals surface area contributed by atoms with Crippen LogP contribution in [0.25, 0.3) is 0 Å². The summed E-state index contributed by atoms with van der Waals surface area (Å²) in [6.45, 7) is 4.64. The van der Waals surface area contributed by atoms with Crippen LogP contribution in [-0.2, 0) is 14.3 Å². The first-order chi connectivity index (χ1) is 11.7. The average molecular weight is 348 g/mol. The van der Waals surface area contributed by atoms with Crippen molar-refractivity contribution in [3.8, 4) is 6.07 Å². The van der Waals surface area contributed by atoms with Crippen molar-refractivity contribution in [1.82, 2.24) is 5.32 Å². The van der Waals surface area contributed by atoms with Gasteiger partial charge in [0.05, 0.1) is 12.5 Å². The molecule has 0 heterocycles. The number of nitrogens with one attached hydrogen (secondary N) is 1. The molecule has 0 aromatic heterocycles. The second-order valence-corrected chi connectivity index (χ2v) is 6.11. The molecule has 0 saturated carbocycles. The van der Waals surface area contributed by atoms with Gasteiger partial charge in [0.2, 0.25) is 0 Å². The molecule has 0 aliphatic heterocycles. The molecule has 0 fully saturated rings. The van der Waals surface area contributed by atoms with Gasteiger partial charge in [0.25, 0.3) is 5.91 Å². The number of ether oxygens (including phenoxy) is 1. The topological polar surface area (TPSA) is 96.3 Å². The van der Waals surface area contributed by atoms with E-state index < -0.39 is 29.8 Å². The van der Waals surface area contributed by atoms with Gasteiger partial charge in [0, 0.05) is 12.0 Å². The molecule has 7 heteroatoms. The summed E-state index contributed by atoms with van der Waals surface area (Å²) in [5.41, 5.74) is -0.754. The Kier molecular flexibility index (Phi) is 7.24. The van der Waals surface area contributed by atoms with Gasteiger partial charge in [0.1, 0.15) is 11.4 Å². The summed E-state index contributed by atoms with van der Waals surface area (Å²) >= 11 is 0. The number of nitrogens with zero attached hydrogens (tertiary/aromatic N) is 1. The van der Waals surface area contributed by atoms with Gasteiger partial charge in [-0.05, 0) is 37.1 Å². The monoisotopic (exact) mass is 348 g/mol. The molecule has 0 unspecified atom stereocenters. The summed E-state index contributed by atoms with van der Waals surface area (Å²) in [4.78, 5) is 35.3. The number of hydrogen-bond acceptors (Lipinski definition) is 5. The fourth-order valence-electron chi connectivity index (χ4n) is 1.84. The van der Waals surface area contributed by atoms with Crippen molar-refractivity contribution in [1.29, 1.82) is 5.26 Å². The molecular weight excluding hydrogens is 327 g/mol. The predicted octanol–water partition coefficient (Wildman–Crippen LogP) is 2.39. The lowest BCUT2D eigenvalue weighted by Crippen LogP contribution is -2.50. The Bertz CT molecular complexity index is 679. The van der Waals surface area contributed by atoms with Crippen LogP contribution >= 0.6 is 0 Å². The maximum Gasteiger partial charge on any atom is 0.306 e. The summed E-state index contributed by atoms with van der Waals surface area (Å²) in [6.07, 6.45) is -0.294. The average Bonchev–Trinajstić information content (AvgIpc) is 2.58. The SMILES string of the molecule is CC(C)[C@](C)(C#N)NC(=O)COC(=O)CCC(=O)c1ccc(F)cc1. The molecule has 134 valence electrons. The van der Waals surface area contributed by atoms with Crippen molar-refractivity contribution in [2.45, 2.75) is 39.2 Å². The molecule has 0 saturated heterocycles. The van der Waals surface area contributed by atoms with E-state index in [0.29, 0.717) is 5.56 Å². The summed E-state index contributed by atoms with van der Waals surface area (Å²) in [7, 11) is 0. The smallest absolute Gasteiger partial charge is 0.306 e. The Labute approximate surface area is 146 Å². The van der Waals surface area contributed by atoms with Crippen molar-refractivity contribution >= 4 is 17.7 Å². The third-order valence-electron chi connectivity index (χ3n) is 3.87. The summed E-state index contributed by atoms with van der Waals surface area (Å²) < 4.78 is 17.6. The van der Waals surface area contributed by atoms with Gasteiger partial charge in [-0.1, -0.05) is 13.8 Å². The number of hydrogen-bond donors (Lipinski definition) is 1. The summed E-state index contributed by atoms with van der Waals surface area (Å²) in [5, 5.41) is 11.6. The maximum absolute atomic E-state index is 12.8. The van der Waals surface area contributed by atoms with Gasteiger partial charge in [-0.2, -0.15) is 5.26 Å². The number of halogens is 1. The minimum absolute atomic E-state index is 0.103. The number of rotatable bonds is 8. The second-order valence-electron chi connectivity index (χ2n) is 6.11. The van der Waals surface area contributed by atoms with Crippen LogP contribution in [-0.4, -0.2) is 29.8 Å². The minimum atomic E-state index is -1.05. The Morgan fingerprint density at radius 3 is 2.36 bits per heavy atom. The second kappa shape index (κ2) is 8.92. The zero-order valence-electron chi connectivity index (χ0n) is 14.5. The highest BCUT2D eigenvalue weighted by Gasteiger charge is 2.30. The van der Waals surface area contributed by atoms with Gasteiger partial charge >= 0.3 is 5.97 Å². The highest BCUT2D eigenvalue weighted by Crippen LogP contribution is 2.14. The van der Waals surface area contributed by atoms with Crippen molar-refractivity contribution in [3.63, 3.8) is 0 Å². The van der Waals surface area contributed by atoms with E-state index >= 15 is 0 Å². The van der Waals surface area contributed by atoms with Crippen LogP contribution in [0.3, 0.4) is 0 Å². The molecule has 1 N–H and O–H groups in total. The zero-order valence-corrected chi connectivity index (χ0v) is 14.5. The van der Waals surface area contributed by atoms with Crippen LogP contribution in [0.1, 0.15) is 44.0 Å². The number of ketones is 1. The molecule has 1 amide bonds. The van der Waals surface area contributed by atoms with Gasteiger partial charge in [0.15, 0.2) is 12.4 Å². The van der Waals surface area contributed by atoms with Crippen LogP contribution in [0, 0.1) is 23.1 Å². The first-order valence-electron chi connectivity index (χ1n) is 7.84. The molecule has 1 rings (SSSR count). The molecule has 1 aromatic carbocycles. The number of esters is 1. The van der Waals surface area contributed by atoms with Gasteiger partial charge in [-0.3, -0.25) is 14.4 Å². The van der Waals surface area contributed by atoms with Crippen LogP contribution in [0.2, 0.25) is 0 Å². The predicted molar refractivity (Wildman–Crippen MR) is 87.9 cm³/mol. The maximum atomic E-state index is 12.8. The van der Waals surface area contributed by atoms with Crippen molar-refractivity contribution < 1.29 is 23.5 Å². The van der Waals surface area contributed by atoms with E-state index in [-0.39, 0.29) is 24.5 Å². The van der Waals surface area contributed by atoms with E-state index in [1.807, 2.05) is 6.07 Å². The van der Waals surface area contributed by atoms with Gasteiger partial charge in [-0.15, -0.1) is 0 Å². The molecule has 0 bridgehead atoms. The van der Waals surface area contributed by atoms with E-state index in [1.165, 1.54) is 12.1 Å². The molecule has 0 radical (unpaired) electrons. The largest absolute Gasteiger partial charge is 0.456 e. The fraction of sp³-hybridized carbons (Fsp3) is 0.444. The molecule has 25 heavy (non-hydrogen) atoms. The number of nitriles is 1. The van der Waals surface area contributed by atoms with Gasteiger partial charge in [-0.25, -0.2) is 4.39 Å². The molecule has 6 nitrogen and oxygen atoms in total. The van der Waals surface area contributed by atoms with Gasteiger partial charge < -0.3 is 10.1 Å². The highest BCUT2D eigenvalue weighted by atomic mass is 19.1. The lowest BCUT2D eigenvalue weighted by molar-refractivity contribution is -0.148.